The van der Waals surface area contributed by atoms with Crippen molar-refractivity contribution in [1.82, 2.24) is 15.1 Å². The van der Waals surface area contributed by atoms with E-state index in [0.29, 0.717) is 11.0 Å². The molecule has 0 amide bonds. The van der Waals surface area contributed by atoms with Crippen LogP contribution in [0.2, 0.25) is 0 Å². The number of aryl methyl sites for hydroxylation is 1. The molecule has 1 heterocycles. The molecule has 0 saturated carbocycles. The number of unbranched alkanes of at least 4 members (excludes halogenated alkanes) is 1. The normalized spacial score (nSPS) is 10.7. The smallest absolute Gasteiger partial charge is 0.283 e. The van der Waals surface area contributed by atoms with Crippen molar-refractivity contribution in [3.05, 3.63) is 21.0 Å². The molecule has 0 atom stereocenters. The van der Waals surface area contributed by atoms with Crippen LogP contribution in [0, 0.1) is 0 Å². The van der Waals surface area contributed by atoms with Gasteiger partial charge in [-0.15, -0.1) is 0 Å². The summed E-state index contributed by atoms with van der Waals surface area (Å²) in [6.07, 6.45) is 4.81. The molecule has 0 saturated heterocycles. The average Bonchev–Trinajstić information content (AvgIpc) is 2.40. The molecule has 1 rings (SSSR count). The molecule has 19 heavy (non-hydrogen) atoms. The lowest BCUT2D eigenvalue weighted by Crippen LogP contribution is -2.29. The highest BCUT2D eigenvalue weighted by Crippen LogP contribution is 2.20. The minimum absolute atomic E-state index is 0.0496. The van der Waals surface area contributed by atoms with Gasteiger partial charge < -0.3 is 10.2 Å². The van der Waals surface area contributed by atoms with Crippen LogP contribution in [0.3, 0.4) is 0 Å². The molecular formula is C13H23BrN4O. The highest BCUT2D eigenvalue weighted by atomic mass is 79.9. The second-order valence-corrected chi connectivity index (χ2v) is 5.40. The second kappa shape index (κ2) is 8.32. The van der Waals surface area contributed by atoms with Gasteiger partial charge in [0.2, 0.25) is 0 Å². The molecule has 1 aromatic rings. The second-order valence-electron chi connectivity index (χ2n) is 4.60. The third kappa shape index (κ3) is 4.62. The Bertz CT molecular complexity index is 447. The number of aromatic nitrogens is 2. The SMILES string of the molecule is CCCCn1ncc(N(C)CCCNC)c(Br)c1=O. The molecule has 0 bridgehead atoms. The fourth-order valence-corrected chi connectivity index (χ4v) is 2.41. The van der Waals surface area contributed by atoms with Crippen LogP contribution in [-0.4, -0.2) is 37.0 Å². The monoisotopic (exact) mass is 330 g/mol. The lowest BCUT2D eigenvalue weighted by molar-refractivity contribution is 0.540. The molecule has 1 aromatic heterocycles. The number of anilines is 1. The summed E-state index contributed by atoms with van der Waals surface area (Å²) in [5, 5.41) is 7.36. The Morgan fingerprint density at radius 2 is 2.21 bits per heavy atom. The number of nitrogens with zero attached hydrogens (tertiary/aromatic N) is 3. The summed E-state index contributed by atoms with van der Waals surface area (Å²) in [5.74, 6) is 0. The largest absolute Gasteiger partial charge is 0.372 e. The third-order valence-electron chi connectivity index (χ3n) is 3.02. The van der Waals surface area contributed by atoms with Gasteiger partial charge in [0.25, 0.3) is 5.56 Å². The van der Waals surface area contributed by atoms with Gasteiger partial charge in [-0.1, -0.05) is 13.3 Å². The van der Waals surface area contributed by atoms with Crippen molar-refractivity contribution in [2.24, 2.45) is 0 Å². The van der Waals surface area contributed by atoms with Crippen LogP contribution in [0.15, 0.2) is 15.5 Å². The van der Waals surface area contributed by atoms with E-state index in [-0.39, 0.29) is 5.56 Å². The first-order valence-corrected chi connectivity index (χ1v) is 7.52. The van der Waals surface area contributed by atoms with E-state index in [1.807, 2.05) is 14.1 Å². The zero-order valence-electron chi connectivity index (χ0n) is 11.9. The standard InChI is InChI=1S/C13H23BrN4O/c1-4-5-9-18-13(19)12(14)11(10-16-18)17(3)8-6-7-15-2/h10,15H,4-9H2,1-3H3. The van der Waals surface area contributed by atoms with Gasteiger partial charge in [0.05, 0.1) is 11.9 Å². The Morgan fingerprint density at radius 3 is 2.84 bits per heavy atom. The van der Waals surface area contributed by atoms with Crippen LogP contribution in [0.4, 0.5) is 5.69 Å². The number of hydrogen-bond donors (Lipinski definition) is 1. The quantitative estimate of drug-likeness (QED) is 0.739. The van der Waals surface area contributed by atoms with Crippen LogP contribution in [0.1, 0.15) is 26.2 Å². The molecule has 5 nitrogen and oxygen atoms in total. The van der Waals surface area contributed by atoms with Crippen molar-refractivity contribution in [2.45, 2.75) is 32.7 Å². The highest BCUT2D eigenvalue weighted by molar-refractivity contribution is 9.10. The summed E-state index contributed by atoms with van der Waals surface area (Å²) in [5.41, 5.74) is 0.806. The lowest BCUT2D eigenvalue weighted by atomic mass is 10.3. The fourth-order valence-electron chi connectivity index (χ4n) is 1.80. The van der Waals surface area contributed by atoms with Crippen molar-refractivity contribution in [3.63, 3.8) is 0 Å². The van der Waals surface area contributed by atoms with Gasteiger partial charge in [-0.3, -0.25) is 4.79 Å². The first kappa shape index (κ1) is 16.2. The average molecular weight is 331 g/mol. The molecule has 6 heteroatoms. The number of halogens is 1. The van der Waals surface area contributed by atoms with Gasteiger partial charge in [-0.2, -0.15) is 5.10 Å². The third-order valence-corrected chi connectivity index (χ3v) is 3.77. The van der Waals surface area contributed by atoms with E-state index < -0.39 is 0 Å². The molecule has 0 aliphatic heterocycles. The van der Waals surface area contributed by atoms with Crippen molar-refractivity contribution in [1.29, 1.82) is 0 Å². The first-order chi connectivity index (χ1) is 9.11. The van der Waals surface area contributed by atoms with E-state index in [1.54, 1.807) is 6.20 Å². The van der Waals surface area contributed by atoms with Gasteiger partial charge >= 0.3 is 0 Å². The molecule has 0 radical (unpaired) electrons. The van der Waals surface area contributed by atoms with Crippen molar-refractivity contribution < 1.29 is 0 Å². The van der Waals surface area contributed by atoms with Crippen LogP contribution in [-0.2, 0) is 6.54 Å². The maximum atomic E-state index is 12.1. The van der Waals surface area contributed by atoms with Crippen LogP contribution in [0.25, 0.3) is 0 Å². The Balaban J connectivity index is 2.80. The summed E-state index contributed by atoms with van der Waals surface area (Å²) in [4.78, 5) is 14.2. The van der Waals surface area contributed by atoms with E-state index in [2.05, 4.69) is 38.2 Å². The van der Waals surface area contributed by atoms with Gasteiger partial charge in [-0.25, -0.2) is 4.68 Å². The zero-order valence-corrected chi connectivity index (χ0v) is 13.5. The number of hydrogen-bond acceptors (Lipinski definition) is 4. The topological polar surface area (TPSA) is 50.2 Å². The summed E-state index contributed by atoms with van der Waals surface area (Å²) >= 11 is 3.40. The summed E-state index contributed by atoms with van der Waals surface area (Å²) in [6.45, 7) is 4.63. The molecule has 0 spiro atoms. The summed E-state index contributed by atoms with van der Waals surface area (Å²) < 4.78 is 2.13. The highest BCUT2D eigenvalue weighted by Gasteiger charge is 2.11. The molecule has 1 N–H and O–H groups in total. The van der Waals surface area contributed by atoms with Crippen molar-refractivity contribution in [2.75, 3.05) is 32.1 Å². The summed E-state index contributed by atoms with van der Waals surface area (Å²) in [6, 6.07) is 0. The maximum Gasteiger partial charge on any atom is 0.283 e. The Labute approximate surface area is 123 Å². The minimum atomic E-state index is -0.0496. The predicted octanol–water partition coefficient (Wildman–Crippen LogP) is 1.85. The molecule has 0 aliphatic rings. The van der Waals surface area contributed by atoms with Gasteiger partial charge in [0.1, 0.15) is 4.47 Å². The van der Waals surface area contributed by atoms with E-state index in [0.717, 1.165) is 38.0 Å². The number of rotatable bonds is 8. The van der Waals surface area contributed by atoms with Gasteiger partial charge in [0.15, 0.2) is 0 Å². The van der Waals surface area contributed by atoms with Crippen molar-refractivity contribution in [3.8, 4) is 0 Å². The maximum absolute atomic E-state index is 12.1. The lowest BCUT2D eigenvalue weighted by Gasteiger charge is -2.20. The van der Waals surface area contributed by atoms with Crippen LogP contribution in [0.5, 0.6) is 0 Å². The summed E-state index contributed by atoms with van der Waals surface area (Å²) in [7, 11) is 3.92. The fraction of sp³-hybridized carbons (Fsp3) is 0.692. The molecule has 0 unspecified atom stereocenters. The van der Waals surface area contributed by atoms with E-state index in [4.69, 9.17) is 0 Å². The van der Waals surface area contributed by atoms with E-state index in [1.165, 1.54) is 4.68 Å². The minimum Gasteiger partial charge on any atom is -0.372 e. The molecule has 108 valence electrons. The Hall–Kier alpha value is -0.880. The zero-order chi connectivity index (χ0) is 14.3. The van der Waals surface area contributed by atoms with E-state index >= 15 is 0 Å². The van der Waals surface area contributed by atoms with Crippen LogP contribution < -0.4 is 15.8 Å². The molecule has 0 fully saturated rings. The predicted molar refractivity (Wildman–Crippen MR) is 82.9 cm³/mol. The van der Waals surface area contributed by atoms with Gasteiger partial charge in [-0.05, 0) is 42.4 Å². The van der Waals surface area contributed by atoms with Crippen molar-refractivity contribution >= 4 is 21.6 Å². The Kier molecular flexibility index (Phi) is 7.09. The number of nitrogens with one attached hydrogen (secondary N) is 1. The Morgan fingerprint density at radius 1 is 1.47 bits per heavy atom. The molecule has 0 aromatic carbocycles. The van der Waals surface area contributed by atoms with Gasteiger partial charge in [0, 0.05) is 20.1 Å². The first-order valence-electron chi connectivity index (χ1n) is 6.73. The van der Waals surface area contributed by atoms with E-state index in [9.17, 15) is 4.79 Å². The molecular weight excluding hydrogens is 308 g/mol. The molecule has 0 aliphatic carbocycles. The van der Waals surface area contributed by atoms with Crippen LogP contribution >= 0.6 is 15.9 Å².